The molecule has 0 heterocycles. The van der Waals surface area contributed by atoms with Crippen LogP contribution in [-0.2, 0) is 0 Å². The zero-order chi connectivity index (χ0) is 28.2. The largest absolute Gasteiger partial charge is 0.140 e. The van der Waals surface area contributed by atoms with Crippen LogP contribution in [0.15, 0.2) is 140 Å². The van der Waals surface area contributed by atoms with Crippen molar-refractivity contribution in [2.75, 3.05) is 0 Å². The molecule has 0 aliphatic carbocycles. The van der Waals surface area contributed by atoms with Gasteiger partial charge in [0.2, 0.25) is 0 Å². The van der Waals surface area contributed by atoms with Crippen LogP contribution in [0.2, 0.25) is 0 Å². The molecule has 0 saturated heterocycles. The molecule has 0 aliphatic heterocycles. The molecular formula is C42H25B. The highest BCUT2D eigenvalue weighted by Gasteiger charge is 2.26. The van der Waals surface area contributed by atoms with Crippen LogP contribution in [0, 0.1) is 0 Å². The van der Waals surface area contributed by atoms with Crippen molar-refractivity contribution in [3.63, 3.8) is 0 Å². The molecular weight excluding hydrogens is 515 g/mol. The van der Waals surface area contributed by atoms with Gasteiger partial charge in [-0.2, -0.15) is 0 Å². The molecule has 1 heteroatoms. The summed E-state index contributed by atoms with van der Waals surface area (Å²) in [5, 5.41) is 18.8. The summed E-state index contributed by atoms with van der Waals surface area (Å²) in [6.07, 6.45) is 0. The van der Waals surface area contributed by atoms with Crippen LogP contribution in [0.3, 0.4) is 0 Å². The highest BCUT2D eigenvalue weighted by molar-refractivity contribution is 6.48. The van der Waals surface area contributed by atoms with Crippen molar-refractivity contribution >= 4 is 88.7 Å². The van der Waals surface area contributed by atoms with E-state index in [1.54, 1.807) is 0 Å². The minimum Gasteiger partial charge on any atom is -0.0812 e. The standard InChI is InChI=1S/C42H25B/c43-35-22-21-32-39-29(35)18-10-20-31(39)42-37(25-13-5-2-6-14-25)40-30-19-9-17-28-26-15-7-8-16-27(26)33(38(28)30)23-34(40)36(41(32)42)24-11-3-1-4-12-24/h1-23H,43H2. The van der Waals surface area contributed by atoms with E-state index >= 15 is 0 Å². The molecule has 43 heavy (non-hydrogen) atoms. The van der Waals surface area contributed by atoms with E-state index in [1.807, 2.05) is 0 Å². The second-order valence-electron chi connectivity index (χ2n) is 12.0. The number of rotatable bonds is 2. The summed E-state index contributed by atoms with van der Waals surface area (Å²) < 4.78 is 0. The molecule has 0 N–H and O–H groups in total. The van der Waals surface area contributed by atoms with E-state index in [1.165, 1.54) is 103 Å². The Balaban J connectivity index is 1.62. The van der Waals surface area contributed by atoms with Gasteiger partial charge in [0.1, 0.15) is 7.85 Å². The molecule has 0 unspecified atom stereocenters. The Bertz CT molecular complexity index is 2700. The van der Waals surface area contributed by atoms with Crippen LogP contribution in [0.25, 0.3) is 97.7 Å². The van der Waals surface area contributed by atoms with E-state index in [0.29, 0.717) is 0 Å². The van der Waals surface area contributed by atoms with E-state index in [-0.39, 0.29) is 0 Å². The quantitative estimate of drug-likeness (QED) is 0.151. The molecule has 0 fully saturated rings. The maximum absolute atomic E-state index is 2.51. The maximum atomic E-state index is 2.51. The zero-order valence-electron chi connectivity index (χ0n) is 23.8. The van der Waals surface area contributed by atoms with Crippen molar-refractivity contribution in [3.05, 3.63) is 140 Å². The van der Waals surface area contributed by atoms with Gasteiger partial charge in [-0.3, -0.25) is 0 Å². The number of hydrogen-bond donors (Lipinski definition) is 0. The molecule has 0 radical (unpaired) electrons. The lowest BCUT2D eigenvalue weighted by atomic mass is 9.84. The Kier molecular flexibility index (Phi) is 4.50. The maximum Gasteiger partial charge on any atom is 0.140 e. The third-order valence-corrected chi connectivity index (χ3v) is 9.86. The second-order valence-corrected chi connectivity index (χ2v) is 12.0. The van der Waals surface area contributed by atoms with Crippen LogP contribution in [0.5, 0.6) is 0 Å². The van der Waals surface area contributed by atoms with Gasteiger partial charge in [0.05, 0.1) is 0 Å². The van der Waals surface area contributed by atoms with Crippen LogP contribution in [0.4, 0.5) is 0 Å². The smallest absolute Gasteiger partial charge is 0.0812 e. The Morgan fingerprint density at radius 1 is 0.279 bits per heavy atom. The Labute approximate surface area is 249 Å². The third-order valence-electron chi connectivity index (χ3n) is 9.86. The molecule has 10 aromatic carbocycles. The molecule has 0 aliphatic rings. The second kappa shape index (κ2) is 8.34. The van der Waals surface area contributed by atoms with Gasteiger partial charge in [0.25, 0.3) is 0 Å². The average Bonchev–Trinajstić information content (AvgIpc) is 3.57. The summed E-state index contributed by atoms with van der Waals surface area (Å²) in [5.74, 6) is 0. The Morgan fingerprint density at radius 3 is 1.49 bits per heavy atom. The van der Waals surface area contributed by atoms with Gasteiger partial charge in [0.15, 0.2) is 0 Å². The number of fused-ring (bicyclic) bond motifs is 8. The molecule has 10 aromatic rings. The van der Waals surface area contributed by atoms with E-state index in [2.05, 4.69) is 147 Å². The van der Waals surface area contributed by atoms with Crippen LogP contribution in [-0.4, -0.2) is 7.85 Å². The highest BCUT2D eigenvalue weighted by atomic mass is 14.3. The molecule has 0 amide bonds. The summed E-state index contributed by atoms with van der Waals surface area (Å²) in [6, 6.07) is 52.1. The summed E-state index contributed by atoms with van der Waals surface area (Å²) in [7, 11) is 2.24. The van der Waals surface area contributed by atoms with E-state index in [4.69, 9.17) is 0 Å². The molecule has 0 bridgehead atoms. The van der Waals surface area contributed by atoms with Gasteiger partial charge in [-0.25, -0.2) is 0 Å². The van der Waals surface area contributed by atoms with Crippen LogP contribution in [0.1, 0.15) is 0 Å². The van der Waals surface area contributed by atoms with Gasteiger partial charge < -0.3 is 0 Å². The fraction of sp³-hybridized carbons (Fsp3) is 0. The predicted octanol–water partition coefficient (Wildman–Crippen LogP) is 10.2. The fourth-order valence-corrected chi connectivity index (χ4v) is 8.16. The average molecular weight is 540 g/mol. The summed E-state index contributed by atoms with van der Waals surface area (Å²) >= 11 is 0. The SMILES string of the molecule is Bc1ccc2c3c(-c4ccccc4)c4cc5c6ccccc6c6cccc(c4c(-c4ccccc4)c3c3cccc1c23)c65. The first-order valence-corrected chi connectivity index (χ1v) is 15.1. The first-order chi connectivity index (χ1) is 21.3. The lowest BCUT2D eigenvalue weighted by Crippen LogP contribution is -2.02. The van der Waals surface area contributed by atoms with Gasteiger partial charge in [0, 0.05) is 0 Å². The van der Waals surface area contributed by atoms with Crippen LogP contribution >= 0.6 is 0 Å². The molecule has 0 nitrogen and oxygen atoms in total. The zero-order valence-corrected chi connectivity index (χ0v) is 23.8. The molecule has 0 atom stereocenters. The van der Waals surface area contributed by atoms with Crippen molar-refractivity contribution in [2.45, 2.75) is 0 Å². The summed E-state index contributed by atoms with van der Waals surface area (Å²) in [6.45, 7) is 0. The highest BCUT2D eigenvalue weighted by Crippen LogP contribution is 2.54. The van der Waals surface area contributed by atoms with E-state index in [0.717, 1.165) is 0 Å². The Hall–Kier alpha value is -5.40. The lowest BCUT2D eigenvalue weighted by molar-refractivity contribution is 1.68. The molecule has 0 saturated carbocycles. The minimum atomic E-state index is 1.26. The van der Waals surface area contributed by atoms with Crippen molar-refractivity contribution in [3.8, 4) is 22.3 Å². The summed E-state index contributed by atoms with van der Waals surface area (Å²) in [5.41, 5.74) is 6.52. The van der Waals surface area contributed by atoms with E-state index in [9.17, 15) is 0 Å². The number of benzene rings is 8. The molecule has 196 valence electrons. The topological polar surface area (TPSA) is 0 Å². The Morgan fingerprint density at radius 2 is 0.767 bits per heavy atom. The first kappa shape index (κ1) is 23.2. The van der Waals surface area contributed by atoms with Crippen molar-refractivity contribution in [1.82, 2.24) is 0 Å². The lowest BCUT2D eigenvalue weighted by Gasteiger charge is -2.19. The van der Waals surface area contributed by atoms with Crippen molar-refractivity contribution < 1.29 is 0 Å². The van der Waals surface area contributed by atoms with Gasteiger partial charge in [-0.15, -0.1) is 0 Å². The third kappa shape index (κ3) is 2.92. The van der Waals surface area contributed by atoms with E-state index < -0.39 is 0 Å². The van der Waals surface area contributed by atoms with Crippen LogP contribution < -0.4 is 5.46 Å². The molecule has 0 aromatic heterocycles. The molecule has 10 rings (SSSR count). The van der Waals surface area contributed by atoms with Gasteiger partial charge in [-0.05, 0) is 104 Å². The first-order valence-electron chi connectivity index (χ1n) is 15.1. The summed E-state index contributed by atoms with van der Waals surface area (Å²) in [4.78, 5) is 0. The minimum absolute atomic E-state index is 1.26. The van der Waals surface area contributed by atoms with Crippen molar-refractivity contribution in [2.24, 2.45) is 0 Å². The predicted molar refractivity (Wildman–Crippen MR) is 190 cm³/mol. The normalized spacial score (nSPS) is 12.3. The number of hydrogen-bond acceptors (Lipinski definition) is 0. The van der Waals surface area contributed by atoms with Gasteiger partial charge in [-0.1, -0.05) is 139 Å². The van der Waals surface area contributed by atoms with Crippen molar-refractivity contribution in [1.29, 1.82) is 0 Å². The fourth-order valence-electron chi connectivity index (χ4n) is 8.16. The molecule has 0 spiro atoms. The van der Waals surface area contributed by atoms with Gasteiger partial charge >= 0.3 is 0 Å². The monoisotopic (exact) mass is 540 g/mol.